The zero-order chi connectivity index (χ0) is 21.1. The normalized spacial score (nSPS) is 19.2. The molecule has 0 bridgehead atoms. The number of likely N-dealkylation sites (N-methyl/N-ethyl adjacent to an activating group) is 1. The van der Waals surface area contributed by atoms with Crippen LogP contribution in [-0.4, -0.2) is 59.6 Å². The van der Waals surface area contributed by atoms with Crippen molar-refractivity contribution < 1.29 is 19.8 Å². The molecule has 0 aromatic heterocycles. The standard InChI is InChI=1S/C21H26N4O4/c1-14-6-5-7-19(29-21(26)24-10-8-23(4)9-11-24)20(14)25(28)18-13-16(3)15(2)12-17(18)22-27/h5-7,12-13H,1,8-11,22H2,2-4H3/b25-20-. The fourth-order valence-electron chi connectivity index (χ4n) is 3.24. The molecule has 154 valence electrons. The lowest BCUT2D eigenvalue weighted by atomic mass is 10.0. The number of allylic oxidation sites excluding steroid dienone is 4. The Hall–Kier alpha value is -2.94. The summed E-state index contributed by atoms with van der Waals surface area (Å²) in [5.74, 6) is 0.117. The number of nitrogens with zero attached hydrogens (tertiary/aromatic N) is 3. The molecular formula is C21H26N4O4. The molecule has 2 N–H and O–H groups in total. The van der Waals surface area contributed by atoms with E-state index < -0.39 is 6.09 Å². The van der Waals surface area contributed by atoms with Gasteiger partial charge >= 0.3 is 6.09 Å². The zero-order valence-corrected chi connectivity index (χ0v) is 17.0. The molecule has 0 radical (unpaired) electrons. The predicted octanol–water partition coefficient (Wildman–Crippen LogP) is 1.97. The molecular weight excluding hydrogens is 372 g/mol. The van der Waals surface area contributed by atoms with Gasteiger partial charge in [-0.25, -0.2) is 4.79 Å². The molecule has 8 nitrogen and oxygen atoms in total. The van der Waals surface area contributed by atoms with Gasteiger partial charge in [-0.05, 0) is 44.2 Å². The molecule has 1 saturated heterocycles. The number of hydrogen-bond acceptors (Lipinski definition) is 5. The number of quaternary nitrogens is 1. The fourth-order valence-corrected chi connectivity index (χ4v) is 3.24. The molecule has 1 aromatic rings. The van der Waals surface area contributed by atoms with E-state index in [1.165, 1.54) is 0 Å². The third-order valence-corrected chi connectivity index (χ3v) is 5.23. The lowest BCUT2D eigenvalue weighted by Crippen LogP contribution is -2.70. The second kappa shape index (κ2) is 8.60. The topological polar surface area (TPSA) is 98.5 Å². The highest BCUT2D eigenvalue weighted by atomic mass is 16.6. The van der Waals surface area contributed by atoms with Crippen LogP contribution in [0.15, 0.2) is 48.3 Å². The minimum absolute atomic E-state index is 0.112. The highest BCUT2D eigenvalue weighted by Crippen LogP contribution is 2.28. The van der Waals surface area contributed by atoms with Gasteiger partial charge in [0.15, 0.2) is 0 Å². The van der Waals surface area contributed by atoms with Crippen LogP contribution in [0.3, 0.4) is 0 Å². The van der Waals surface area contributed by atoms with E-state index in [0.717, 1.165) is 24.2 Å². The smallest absolute Gasteiger partial charge is 0.415 e. The Morgan fingerprint density at radius 2 is 1.86 bits per heavy atom. The van der Waals surface area contributed by atoms with Gasteiger partial charge in [-0.1, -0.05) is 12.7 Å². The van der Waals surface area contributed by atoms with Gasteiger partial charge in [0.2, 0.25) is 11.4 Å². The maximum Gasteiger partial charge on any atom is 0.415 e. The number of piperazine rings is 1. The van der Waals surface area contributed by atoms with E-state index in [4.69, 9.17) is 4.74 Å². The monoisotopic (exact) mass is 398 g/mol. The van der Waals surface area contributed by atoms with Gasteiger partial charge in [0.05, 0.1) is 0 Å². The summed E-state index contributed by atoms with van der Waals surface area (Å²) >= 11 is 0. The number of amides is 1. The lowest BCUT2D eigenvalue weighted by molar-refractivity contribution is -0.505. The first-order valence-electron chi connectivity index (χ1n) is 9.45. The summed E-state index contributed by atoms with van der Waals surface area (Å²) in [6.45, 7) is 10.3. The minimum atomic E-state index is -0.506. The fraction of sp³-hybridized carbons (Fsp3) is 0.333. The number of aryl methyl sites for hydroxylation is 2. The number of nitrogens with two attached hydrogens (primary N) is 1. The van der Waals surface area contributed by atoms with Crippen LogP contribution < -0.4 is 5.48 Å². The number of carbonyl (C=O) groups excluding carboxylic acids is 1. The first-order chi connectivity index (χ1) is 13.8. The highest BCUT2D eigenvalue weighted by molar-refractivity contribution is 6.12. The summed E-state index contributed by atoms with van der Waals surface area (Å²) in [5, 5.41) is 24.8. The lowest BCUT2D eigenvalue weighted by Gasteiger charge is -2.31. The quantitative estimate of drug-likeness (QED) is 0.363. The van der Waals surface area contributed by atoms with E-state index in [0.29, 0.717) is 28.9 Å². The van der Waals surface area contributed by atoms with Crippen LogP contribution in [0.5, 0.6) is 0 Å². The second-order valence-electron chi connectivity index (χ2n) is 7.33. The molecule has 1 aromatic carbocycles. The Kier molecular flexibility index (Phi) is 6.17. The van der Waals surface area contributed by atoms with Crippen LogP contribution in [0.4, 0.5) is 16.2 Å². The van der Waals surface area contributed by atoms with Crippen LogP contribution >= 0.6 is 0 Å². The molecule has 1 aliphatic heterocycles. The molecule has 0 atom stereocenters. The van der Waals surface area contributed by atoms with Gasteiger partial charge in [-0.3, -0.25) is 0 Å². The number of carbonyl (C=O) groups is 1. The molecule has 29 heavy (non-hydrogen) atoms. The maximum absolute atomic E-state index is 13.2. The number of ether oxygens (including phenoxy) is 1. The van der Waals surface area contributed by atoms with Gasteiger partial charge in [-0.15, -0.1) is 0 Å². The van der Waals surface area contributed by atoms with Gasteiger partial charge in [0.1, 0.15) is 0 Å². The number of rotatable bonds is 3. The average molecular weight is 398 g/mol. The number of benzene rings is 1. The van der Waals surface area contributed by atoms with Crippen LogP contribution in [0.1, 0.15) is 11.1 Å². The summed E-state index contributed by atoms with van der Waals surface area (Å²) < 4.78 is 6.19. The number of hydrogen-bond donors (Lipinski definition) is 1. The third-order valence-electron chi connectivity index (χ3n) is 5.23. The molecule has 3 rings (SSSR count). The van der Waals surface area contributed by atoms with Gasteiger partial charge < -0.3 is 30.4 Å². The van der Waals surface area contributed by atoms with Crippen LogP contribution in [-0.2, 0) is 4.74 Å². The first kappa shape index (κ1) is 20.8. The average Bonchev–Trinajstić information content (AvgIpc) is 2.70. The van der Waals surface area contributed by atoms with Gasteiger partial charge in [-0.2, -0.15) is 4.74 Å². The molecule has 0 saturated carbocycles. The largest absolute Gasteiger partial charge is 0.630 e. The molecule has 1 fully saturated rings. The van der Waals surface area contributed by atoms with Crippen molar-refractivity contribution in [2.45, 2.75) is 13.8 Å². The van der Waals surface area contributed by atoms with Crippen molar-refractivity contribution in [3.8, 4) is 0 Å². The second-order valence-corrected chi connectivity index (χ2v) is 7.33. The molecule has 1 amide bonds. The van der Waals surface area contributed by atoms with Crippen molar-refractivity contribution in [3.63, 3.8) is 0 Å². The van der Waals surface area contributed by atoms with Crippen LogP contribution in [0.25, 0.3) is 0 Å². The van der Waals surface area contributed by atoms with E-state index in [2.05, 4.69) is 11.5 Å². The molecule has 2 aliphatic rings. The summed E-state index contributed by atoms with van der Waals surface area (Å²) in [6, 6.07) is 3.33. The van der Waals surface area contributed by atoms with Crippen molar-refractivity contribution in [2.75, 3.05) is 33.2 Å². The van der Waals surface area contributed by atoms with E-state index in [-0.39, 0.29) is 22.8 Å². The van der Waals surface area contributed by atoms with Crippen LogP contribution in [0, 0.1) is 24.3 Å². The molecule has 1 heterocycles. The van der Waals surface area contributed by atoms with E-state index in [1.807, 2.05) is 20.9 Å². The highest BCUT2D eigenvalue weighted by Gasteiger charge is 2.30. The summed E-state index contributed by atoms with van der Waals surface area (Å²) in [4.78, 5) is 16.4. The van der Waals surface area contributed by atoms with Crippen molar-refractivity contribution in [3.05, 3.63) is 69.8 Å². The summed E-state index contributed by atoms with van der Waals surface area (Å²) in [5.41, 5.74) is 3.41. The van der Waals surface area contributed by atoms with Crippen molar-refractivity contribution >= 4 is 23.2 Å². The Morgan fingerprint density at radius 3 is 2.52 bits per heavy atom. The Morgan fingerprint density at radius 1 is 1.21 bits per heavy atom. The van der Waals surface area contributed by atoms with E-state index in [9.17, 15) is 15.2 Å². The zero-order valence-electron chi connectivity index (χ0n) is 17.0. The predicted molar refractivity (Wildman–Crippen MR) is 111 cm³/mol. The minimum Gasteiger partial charge on any atom is -0.630 e. The Bertz CT molecular complexity index is 925. The van der Waals surface area contributed by atoms with Crippen molar-refractivity contribution in [2.24, 2.45) is 0 Å². The molecule has 0 spiro atoms. The SMILES string of the molecule is C=C1C=CC=C(OC(=O)N2CCN(C)CC2)/C1=[N+](\[O-])c1cc(C)c(C)cc1[NH2+][O-]. The van der Waals surface area contributed by atoms with Crippen molar-refractivity contribution in [1.29, 1.82) is 0 Å². The Labute approximate surface area is 170 Å². The van der Waals surface area contributed by atoms with Gasteiger partial charge in [0.25, 0.3) is 11.4 Å². The molecule has 0 unspecified atom stereocenters. The maximum atomic E-state index is 13.2. The van der Waals surface area contributed by atoms with Crippen molar-refractivity contribution in [1.82, 2.24) is 9.80 Å². The van der Waals surface area contributed by atoms with E-state index >= 15 is 0 Å². The van der Waals surface area contributed by atoms with Gasteiger partial charge in [0, 0.05) is 43.9 Å². The first-order valence-corrected chi connectivity index (χ1v) is 9.45. The summed E-state index contributed by atoms with van der Waals surface area (Å²) in [7, 11) is 2.00. The van der Waals surface area contributed by atoms with Crippen LogP contribution in [0.2, 0.25) is 0 Å². The molecule has 8 heteroatoms. The third kappa shape index (κ3) is 4.40. The Balaban J connectivity index is 1.95. The van der Waals surface area contributed by atoms with E-state index in [1.54, 1.807) is 35.3 Å². The molecule has 1 aliphatic carbocycles. The summed E-state index contributed by atoms with van der Waals surface area (Å²) in [6.07, 6.45) is 4.39.